The van der Waals surface area contributed by atoms with E-state index in [9.17, 15) is 0 Å². The molecular weight excluding hydrogens is 787 g/mol. The van der Waals surface area contributed by atoms with Crippen LogP contribution in [-0.2, 0) is 5.41 Å². The lowest BCUT2D eigenvalue weighted by atomic mass is 9.67. The molecule has 2 nitrogen and oxygen atoms in total. The average Bonchev–Trinajstić information content (AvgIpc) is 3.86. The predicted molar refractivity (Wildman–Crippen MR) is 273 cm³/mol. The van der Waals surface area contributed by atoms with Gasteiger partial charge in [0.1, 0.15) is 11.2 Å². The fraction of sp³-hybridized carbons (Fsp3) is 0.0794. The van der Waals surface area contributed by atoms with Gasteiger partial charge >= 0.3 is 0 Å². The molecule has 1 aromatic heterocycles. The number of benzene rings is 10. The average molecular weight is 834 g/mol. The Balaban J connectivity index is 1.18. The zero-order valence-electron chi connectivity index (χ0n) is 37.1. The second-order valence-corrected chi connectivity index (χ2v) is 17.9. The van der Waals surface area contributed by atoms with Crippen molar-refractivity contribution in [1.29, 1.82) is 0 Å². The highest BCUT2D eigenvalue weighted by Crippen LogP contribution is 2.60. The van der Waals surface area contributed by atoms with Gasteiger partial charge in [0, 0.05) is 33.1 Å². The summed E-state index contributed by atoms with van der Waals surface area (Å²) in [7, 11) is 0. The molecule has 1 aliphatic carbocycles. The van der Waals surface area contributed by atoms with E-state index in [0.29, 0.717) is 0 Å². The highest BCUT2D eigenvalue weighted by molar-refractivity contribution is 6.13. The maximum Gasteiger partial charge on any atom is 0.143 e. The van der Waals surface area contributed by atoms with Crippen LogP contribution in [0, 0.1) is 27.7 Å². The summed E-state index contributed by atoms with van der Waals surface area (Å²) in [4.78, 5) is 2.49. The number of aryl methyl sites for hydroxylation is 4. The number of hydrogen-bond donors (Lipinski definition) is 0. The van der Waals surface area contributed by atoms with Crippen LogP contribution in [0.25, 0.3) is 66.1 Å². The molecule has 0 amide bonds. The normalized spacial score (nSPS) is 14.2. The Kier molecular flexibility index (Phi) is 9.00. The van der Waals surface area contributed by atoms with Crippen molar-refractivity contribution < 1.29 is 4.42 Å². The fourth-order valence-corrected chi connectivity index (χ4v) is 11.0. The molecule has 1 unspecified atom stereocenters. The van der Waals surface area contributed by atoms with E-state index in [-0.39, 0.29) is 0 Å². The summed E-state index contributed by atoms with van der Waals surface area (Å²) in [6.07, 6.45) is 0. The first-order valence-electron chi connectivity index (χ1n) is 22.7. The summed E-state index contributed by atoms with van der Waals surface area (Å²) in [5, 5.41) is 4.69. The first-order valence-corrected chi connectivity index (χ1v) is 22.7. The van der Waals surface area contributed by atoms with E-state index >= 15 is 0 Å². The van der Waals surface area contributed by atoms with Crippen molar-refractivity contribution in [1.82, 2.24) is 0 Å². The third-order valence-corrected chi connectivity index (χ3v) is 13.9. The number of para-hydroxylation sites is 2. The number of furan rings is 1. The van der Waals surface area contributed by atoms with Gasteiger partial charge in [-0.15, -0.1) is 0 Å². The minimum Gasteiger partial charge on any atom is -0.455 e. The number of anilines is 3. The van der Waals surface area contributed by atoms with Crippen molar-refractivity contribution in [3.63, 3.8) is 0 Å². The number of hydrogen-bond acceptors (Lipinski definition) is 2. The van der Waals surface area contributed by atoms with Crippen molar-refractivity contribution >= 4 is 49.8 Å². The summed E-state index contributed by atoms with van der Waals surface area (Å²) in [5.74, 6) is 0. The molecule has 12 rings (SSSR count). The maximum atomic E-state index is 6.69. The predicted octanol–water partition coefficient (Wildman–Crippen LogP) is 17.1. The molecule has 310 valence electrons. The van der Waals surface area contributed by atoms with E-state index in [1.165, 1.54) is 77.5 Å². The van der Waals surface area contributed by atoms with Crippen molar-refractivity contribution in [2.75, 3.05) is 4.90 Å². The molecule has 0 saturated carbocycles. The van der Waals surface area contributed by atoms with Gasteiger partial charge in [0.2, 0.25) is 0 Å². The summed E-state index contributed by atoms with van der Waals surface area (Å²) < 4.78 is 6.69. The Hall–Kier alpha value is -7.94. The van der Waals surface area contributed by atoms with Gasteiger partial charge in [-0.2, -0.15) is 0 Å². The molecule has 65 heavy (non-hydrogen) atoms. The Morgan fingerprint density at radius 1 is 0.385 bits per heavy atom. The molecule has 0 fully saturated rings. The quantitative estimate of drug-likeness (QED) is 0.159. The van der Waals surface area contributed by atoms with Crippen LogP contribution < -0.4 is 4.90 Å². The van der Waals surface area contributed by atoms with Crippen LogP contribution in [-0.4, -0.2) is 0 Å². The third-order valence-electron chi connectivity index (χ3n) is 13.9. The highest BCUT2D eigenvalue weighted by Gasteiger charge is 2.48. The first-order chi connectivity index (χ1) is 31.9. The lowest BCUT2D eigenvalue weighted by Crippen LogP contribution is -2.29. The molecule has 0 saturated heterocycles. The molecular formula is C63H47NO. The molecule has 0 spiro atoms. The van der Waals surface area contributed by atoms with Gasteiger partial charge in [0.25, 0.3) is 0 Å². The second kappa shape index (κ2) is 15.1. The summed E-state index contributed by atoms with van der Waals surface area (Å²) in [6, 6.07) is 78.7. The van der Waals surface area contributed by atoms with Gasteiger partial charge in [-0.25, -0.2) is 0 Å². The van der Waals surface area contributed by atoms with Crippen molar-refractivity contribution in [2.24, 2.45) is 0 Å². The Labute approximate surface area is 380 Å². The van der Waals surface area contributed by atoms with E-state index in [2.05, 4.69) is 239 Å². The minimum atomic E-state index is -0.669. The van der Waals surface area contributed by atoms with Gasteiger partial charge in [-0.3, -0.25) is 0 Å². The topological polar surface area (TPSA) is 16.4 Å². The van der Waals surface area contributed by atoms with Gasteiger partial charge in [-0.1, -0.05) is 175 Å². The smallest absolute Gasteiger partial charge is 0.143 e. The monoisotopic (exact) mass is 833 g/mol. The van der Waals surface area contributed by atoms with Gasteiger partial charge in [-0.05, 0) is 142 Å². The van der Waals surface area contributed by atoms with Crippen LogP contribution in [0.3, 0.4) is 0 Å². The van der Waals surface area contributed by atoms with Crippen LogP contribution in [0.1, 0.15) is 44.5 Å². The zero-order valence-corrected chi connectivity index (χ0v) is 37.1. The molecule has 10 aromatic carbocycles. The largest absolute Gasteiger partial charge is 0.455 e. The molecule has 2 heteroatoms. The second-order valence-electron chi connectivity index (χ2n) is 17.9. The molecule has 0 bridgehead atoms. The van der Waals surface area contributed by atoms with E-state index in [1.807, 2.05) is 6.07 Å². The van der Waals surface area contributed by atoms with Crippen LogP contribution in [0.2, 0.25) is 0 Å². The zero-order chi connectivity index (χ0) is 43.8. The van der Waals surface area contributed by atoms with Gasteiger partial charge in [0.05, 0.1) is 11.1 Å². The van der Waals surface area contributed by atoms with E-state index in [4.69, 9.17) is 4.42 Å². The highest BCUT2D eigenvalue weighted by atomic mass is 16.3. The lowest BCUT2D eigenvalue weighted by Gasteiger charge is -2.36. The Morgan fingerprint density at radius 2 is 1.02 bits per heavy atom. The van der Waals surface area contributed by atoms with E-state index < -0.39 is 5.41 Å². The lowest BCUT2D eigenvalue weighted by molar-refractivity contribution is 0.670. The van der Waals surface area contributed by atoms with Crippen LogP contribution in [0.4, 0.5) is 17.1 Å². The van der Waals surface area contributed by atoms with Crippen molar-refractivity contribution in [3.8, 4) is 33.4 Å². The number of rotatable bonds is 7. The molecule has 11 aromatic rings. The molecule has 0 radical (unpaired) electrons. The number of fused-ring (bicyclic) bond motifs is 8. The Bertz CT molecular complexity index is 3670. The summed E-state index contributed by atoms with van der Waals surface area (Å²) >= 11 is 0. The van der Waals surface area contributed by atoms with Crippen molar-refractivity contribution in [2.45, 2.75) is 33.1 Å². The third kappa shape index (κ3) is 6.01. The van der Waals surface area contributed by atoms with Crippen LogP contribution in [0.15, 0.2) is 217 Å². The maximum absolute atomic E-state index is 6.69. The summed E-state index contributed by atoms with van der Waals surface area (Å²) in [5.41, 5.74) is 21.7. The van der Waals surface area contributed by atoms with Gasteiger partial charge in [0.15, 0.2) is 0 Å². The minimum absolute atomic E-state index is 0.669. The van der Waals surface area contributed by atoms with Crippen LogP contribution >= 0.6 is 0 Å². The standard InChI is InChI=1S/C63H47NO/c1-40-17-14-22-46(35-40)63(45-20-6-5-7-21-45)57-38-44(51-28-16-29-55-53-26-12-13-30-60(53)65-62(51)55)31-33-56(57)61-54-27-11-10-25-52(54)59(39-58(61)63)64(47-23-15-18-41(2)36-47)48-32-34-50(43(4)37-48)49-24-9-8-19-42(49)3/h5-39H,1-4H3. The first kappa shape index (κ1) is 38.7. The molecule has 1 heterocycles. The SMILES string of the molecule is Cc1cccc(N(c2ccc(-c3ccccc3C)c(C)c2)c2cc3c(c4ccccc24)-c2ccc(-c4cccc5c4oc4ccccc45)cc2C3(c2ccccc2)c2cccc(C)c2)c1. The number of nitrogens with zero attached hydrogens (tertiary/aromatic N) is 1. The molecule has 0 N–H and O–H groups in total. The summed E-state index contributed by atoms with van der Waals surface area (Å²) in [6.45, 7) is 8.85. The van der Waals surface area contributed by atoms with Gasteiger partial charge < -0.3 is 9.32 Å². The molecule has 0 aliphatic heterocycles. The fourth-order valence-electron chi connectivity index (χ4n) is 11.0. The molecule has 1 atom stereocenters. The molecule has 1 aliphatic rings. The van der Waals surface area contributed by atoms with Crippen LogP contribution in [0.5, 0.6) is 0 Å². The Morgan fingerprint density at radius 3 is 1.82 bits per heavy atom. The van der Waals surface area contributed by atoms with Crippen molar-refractivity contribution in [3.05, 3.63) is 257 Å². The van der Waals surface area contributed by atoms with E-state index in [1.54, 1.807) is 0 Å². The van der Waals surface area contributed by atoms with E-state index in [0.717, 1.165) is 50.1 Å².